The summed E-state index contributed by atoms with van der Waals surface area (Å²) in [5.74, 6) is 0.210. The fourth-order valence-electron chi connectivity index (χ4n) is 1.74. The molecule has 3 nitrogen and oxygen atoms in total. The van der Waals surface area contributed by atoms with Gasteiger partial charge in [0, 0.05) is 36.7 Å². The number of nitrogens with zero attached hydrogens (tertiary/aromatic N) is 1. The van der Waals surface area contributed by atoms with Gasteiger partial charge >= 0.3 is 0 Å². The lowest BCUT2D eigenvalue weighted by Gasteiger charge is -2.37. The van der Waals surface area contributed by atoms with Crippen LogP contribution in [0.25, 0.3) is 6.08 Å². The Balaban J connectivity index is 1.93. The lowest BCUT2D eigenvalue weighted by atomic mass is 10.0. The summed E-state index contributed by atoms with van der Waals surface area (Å²) >= 11 is 5.97. The number of carbonyl (C=O) groups excluding carboxylic acids is 1. The molecule has 1 aliphatic rings. The van der Waals surface area contributed by atoms with Crippen LogP contribution < -0.4 is 0 Å². The molecule has 4 heteroatoms. The fourth-order valence-corrected chi connectivity index (χ4v) is 1.94. The molecule has 1 aromatic rings. The average molecular weight is 252 g/mol. The summed E-state index contributed by atoms with van der Waals surface area (Å²) in [7, 11) is 0. The first-order valence-corrected chi connectivity index (χ1v) is 5.91. The van der Waals surface area contributed by atoms with Crippen LogP contribution in [0.5, 0.6) is 0 Å². The SMILES string of the molecule is O=C(/C=C/c1ccccc1Cl)N1CC(CO)C1. The second-order valence-electron chi connectivity index (χ2n) is 4.15. The molecule has 90 valence electrons. The van der Waals surface area contributed by atoms with E-state index in [9.17, 15) is 4.79 Å². The van der Waals surface area contributed by atoms with Crippen LogP contribution in [0.4, 0.5) is 0 Å². The zero-order valence-electron chi connectivity index (χ0n) is 9.34. The first-order valence-electron chi connectivity index (χ1n) is 5.53. The quantitative estimate of drug-likeness (QED) is 0.833. The van der Waals surface area contributed by atoms with Gasteiger partial charge in [0.2, 0.25) is 5.91 Å². The maximum atomic E-state index is 11.7. The summed E-state index contributed by atoms with van der Waals surface area (Å²) in [5.41, 5.74) is 0.835. The monoisotopic (exact) mass is 251 g/mol. The van der Waals surface area contributed by atoms with Gasteiger partial charge in [-0.1, -0.05) is 29.8 Å². The molecule has 0 atom stereocenters. The third-order valence-corrected chi connectivity index (χ3v) is 3.18. The number of aliphatic hydroxyl groups is 1. The van der Waals surface area contributed by atoms with Crippen molar-refractivity contribution in [3.63, 3.8) is 0 Å². The van der Waals surface area contributed by atoms with Crippen molar-refractivity contribution < 1.29 is 9.90 Å². The number of halogens is 1. The third-order valence-electron chi connectivity index (χ3n) is 2.84. The largest absolute Gasteiger partial charge is 0.396 e. The van der Waals surface area contributed by atoms with E-state index in [-0.39, 0.29) is 18.4 Å². The van der Waals surface area contributed by atoms with Crippen LogP contribution in [0.3, 0.4) is 0 Å². The van der Waals surface area contributed by atoms with Crippen molar-refractivity contribution in [2.24, 2.45) is 5.92 Å². The summed E-state index contributed by atoms with van der Waals surface area (Å²) in [6.07, 6.45) is 3.24. The lowest BCUT2D eigenvalue weighted by Crippen LogP contribution is -2.50. The molecule has 1 aromatic carbocycles. The Morgan fingerprint density at radius 1 is 1.47 bits per heavy atom. The summed E-state index contributed by atoms with van der Waals surface area (Å²) in [6, 6.07) is 7.38. The van der Waals surface area contributed by atoms with Crippen LogP contribution in [-0.4, -0.2) is 35.6 Å². The van der Waals surface area contributed by atoms with Gasteiger partial charge in [0.25, 0.3) is 0 Å². The molecule has 1 amide bonds. The molecular formula is C13H14ClNO2. The molecule has 0 aromatic heterocycles. The number of rotatable bonds is 3. The maximum Gasteiger partial charge on any atom is 0.246 e. The number of carbonyl (C=O) groups is 1. The molecular weight excluding hydrogens is 238 g/mol. The molecule has 1 N–H and O–H groups in total. The maximum absolute atomic E-state index is 11.7. The third kappa shape index (κ3) is 2.87. The van der Waals surface area contributed by atoms with Crippen molar-refractivity contribution in [2.45, 2.75) is 0 Å². The molecule has 2 rings (SSSR count). The zero-order chi connectivity index (χ0) is 12.3. The number of benzene rings is 1. The van der Waals surface area contributed by atoms with Gasteiger partial charge in [-0.05, 0) is 17.7 Å². The predicted molar refractivity (Wildman–Crippen MR) is 67.6 cm³/mol. The Kier molecular flexibility index (Phi) is 3.82. The first-order chi connectivity index (χ1) is 8.20. The van der Waals surface area contributed by atoms with Crippen molar-refractivity contribution in [1.82, 2.24) is 4.90 Å². The summed E-state index contributed by atoms with van der Waals surface area (Å²) < 4.78 is 0. The highest BCUT2D eigenvalue weighted by Crippen LogP contribution is 2.18. The highest BCUT2D eigenvalue weighted by Gasteiger charge is 2.28. The van der Waals surface area contributed by atoms with E-state index in [1.807, 2.05) is 18.2 Å². The molecule has 1 fully saturated rings. The van der Waals surface area contributed by atoms with E-state index in [1.54, 1.807) is 17.0 Å². The molecule has 0 radical (unpaired) electrons. The molecule has 0 spiro atoms. The number of hydrogen-bond acceptors (Lipinski definition) is 2. The van der Waals surface area contributed by atoms with E-state index in [0.717, 1.165) is 5.56 Å². The Bertz CT molecular complexity index is 439. The lowest BCUT2D eigenvalue weighted by molar-refractivity contribution is -0.132. The van der Waals surface area contributed by atoms with Crippen molar-refractivity contribution in [3.05, 3.63) is 40.9 Å². The van der Waals surface area contributed by atoms with E-state index >= 15 is 0 Å². The van der Waals surface area contributed by atoms with E-state index in [2.05, 4.69) is 0 Å². The van der Waals surface area contributed by atoms with E-state index < -0.39 is 0 Å². The number of hydrogen-bond donors (Lipinski definition) is 1. The van der Waals surface area contributed by atoms with Crippen LogP contribution in [0.2, 0.25) is 5.02 Å². The van der Waals surface area contributed by atoms with Crippen molar-refractivity contribution >= 4 is 23.6 Å². The van der Waals surface area contributed by atoms with Gasteiger partial charge in [-0.2, -0.15) is 0 Å². The van der Waals surface area contributed by atoms with E-state index in [0.29, 0.717) is 18.1 Å². The van der Waals surface area contributed by atoms with Gasteiger partial charge in [-0.15, -0.1) is 0 Å². The summed E-state index contributed by atoms with van der Waals surface area (Å²) in [4.78, 5) is 13.4. The molecule has 0 saturated carbocycles. The van der Waals surface area contributed by atoms with Gasteiger partial charge in [0.15, 0.2) is 0 Å². The Morgan fingerprint density at radius 3 is 2.82 bits per heavy atom. The molecule has 0 aliphatic carbocycles. The number of amides is 1. The predicted octanol–water partition coefficient (Wildman–Crippen LogP) is 1.80. The second kappa shape index (κ2) is 5.34. The van der Waals surface area contributed by atoms with Crippen LogP contribution in [0, 0.1) is 5.92 Å². The topological polar surface area (TPSA) is 40.5 Å². The molecule has 1 heterocycles. The van der Waals surface area contributed by atoms with Crippen LogP contribution >= 0.6 is 11.6 Å². The second-order valence-corrected chi connectivity index (χ2v) is 4.55. The smallest absolute Gasteiger partial charge is 0.246 e. The van der Waals surface area contributed by atoms with Crippen LogP contribution in [0.15, 0.2) is 30.3 Å². The average Bonchev–Trinajstić information content (AvgIpc) is 2.26. The zero-order valence-corrected chi connectivity index (χ0v) is 10.1. The Morgan fingerprint density at radius 2 is 2.18 bits per heavy atom. The van der Waals surface area contributed by atoms with Crippen molar-refractivity contribution in [3.8, 4) is 0 Å². The standard InChI is InChI=1S/C13H14ClNO2/c14-12-4-2-1-3-11(12)5-6-13(17)15-7-10(8-15)9-16/h1-6,10,16H,7-9H2/b6-5+. The van der Waals surface area contributed by atoms with Gasteiger partial charge in [-0.25, -0.2) is 0 Å². The Labute approximate surface area is 105 Å². The van der Waals surface area contributed by atoms with Crippen LogP contribution in [0.1, 0.15) is 5.56 Å². The van der Waals surface area contributed by atoms with Gasteiger partial charge < -0.3 is 10.0 Å². The minimum Gasteiger partial charge on any atom is -0.396 e. The minimum atomic E-state index is -0.0328. The van der Waals surface area contributed by atoms with Gasteiger partial charge in [-0.3, -0.25) is 4.79 Å². The van der Waals surface area contributed by atoms with E-state index in [4.69, 9.17) is 16.7 Å². The molecule has 1 saturated heterocycles. The van der Waals surface area contributed by atoms with Crippen molar-refractivity contribution in [2.75, 3.05) is 19.7 Å². The van der Waals surface area contributed by atoms with Gasteiger partial charge in [0.1, 0.15) is 0 Å². The molecule has 1 aliphatic heterocycles. The highest BCUT2D eigenvalue weighted by molar-refractivity contribution is 6.32. The Hall–Kier alpha value is -1.32. The molecule has 17 heavy (non-hydrogen) atoms. The summed E-state index contributed by atoms with van der Waals surface area (Å²) in [6.45, 7) is 1.43. The number of aliphatic hydroxyl groups excluding tert-OH is 1. The van der Waals surface area contributed by atoms with Crippen LogP contribution in [-0.2, 0) is 4.79 Å². The summed E-state index contributed by atoms with van der Waals surface area (Å²) in [5, 5.41) is 9.49. The molecule has 0 bridgehead atoms. The molecule has 0 unspecified atom stereocenters. The van der Waals surface area contributed by atoms with E-state index in [1.165, 1.54) is 6.08 Å². The van der Waals surface area contributed by atoms with Gasteiger partial charge in [0.05, 0.1) is 0 Å². The fraction of sp³-hybridized carbons (Fsp3) is 0.308. The minimum absolute atomic E-state index is 0.0328. The highest BCUT2D eigenvalue weighted by atomic mass is 35.5. The number of likely N-dealkylation sites (tertiary alicyclic amines) is 1. The normalized spacial score (nSPS) is 16.2. The van der Waals surface area contributed by atoms with Crippen molar-refractivity contribution in [1.29, 1.82) is 0 Å². The first kappa shape index (κ1) is 12.1.